The highest BCUT2D eigenvalue weighted by Crippen LogP contribution is 2.36. The van der Waals surface area contributed by atoms with Gasteiger partial charge in [0.2, 0.25) is 6.79 Å². The van der Waals surface area contributed by atoms with Crippen molar-refractivity contribution in [3.8, 4) is 22.6 Å². The van der Waals surface area contributed by atoms with Crippen molar-refractivity contribution in [1.29, 1.82) is 0 Å². The molecular weight excluding hydrogens is 224 g/mol. The van der Waals surface area contributed by atoms with Crippen LogP contribution in [0.25, 0.3) is 11.1 Å². The Morgan fingerprint density at radius 2 is 1.94 bits per heavy atom. The molecule has 0 aliphatic carbocycles. The van der Waals surface area contributed by atoms with Crippen LogP contribution < -0.4 is 9.47 Å². The van der Waals surface area contributed by atoms with Crippen molar-refractivity contribution in [1.82, 2.24) is 0 Å². The van der Waals surface area contributed by atoms with Crippen LogP contribution in [0.2, 0.25) is 5.02 Å². The molecule has 0 atom stereocenters. The molecule has 0 amide bonds. The predicted octanol–water partition coefficient (Wildman–Crippen LogP) is 3.54. The minimum absolute atomic E-state index is 0.290. The lowest BCUT2D eigenvalue weighted by Crippen LogP contribution is -1.92. The molecule has 3 heteroatoms. The highest BCUT2D eigenvalue weighted by molar-refractivity contribution is 6.30. The summed E-state index contributed by atoms with van der Waals surface area (Å²) in [6.45, 7) is 0.290. The van der Waals surface area contributed by atoms with Gasteiger partial charge in [-0.05, 0) is 41.5 Å². The molecule has 3 rings (SSSR count). The van der Waals surface area contributed by atoms with E-state index in [2.05, 4.69) is 6.07 Å². The third-order valence-electron chi connectivity index (χ3n) is 2.45. The molecule has 0 spiro atoms. The zero-order chi connectivity index (χ0) is 11.0. The summed E-state index contributed by atoms with van der Waals surface area (Å²) < 4.78 is 10.6. The van der Waals surface area contributed by atoms with Gasteiger partial charge < -0.3 is 9.47 Å². The molecule has 1 aliphatic heterocycles. The summed E-state index contributed by atoms with van der Waals surface area (Å²) in [6.07, 6.45) is 0. The number of hydrogen-bond donors (Lipinski definition) is 0. The zero-order valence-electron chi connectivity index (χ0n) is 8.37. The normalized spacial score (nSPS) is 12.8. The van der Waals surface area contributed by atoms with Crippen molar-refractivity contribution in [2.24, 2.45) is 0 Å². The fourth-order valence-corrected chi connectivity index (χ4v) is 1.84. The SMILES string of the molecule is Clc1cc[c]c(-c2ccc3c(c2)OCO3)c1. The molecular formula is C13H8ClO2. The maximum atomic E-state index is 5.94. The molecule has 0 saturated carbocycles. The molecule has 0 bridgehead atoms. The smallest absolute Gasteiger partial charge is 0.231 e. The second-order valence-corrected chi connectivity index (χ2v) is 3.93. The molecule has 1 heterocycles. The Labute approximate surface area is 98.4 Å². The van der Waals surface area contributed by atoms with E-state index in [1.54, 1.807) is 6.07 Å². The van der Waals surface area contributed by atoms with E-state index in [0.29, 0.717) is 5.02 Å². The summed E-state index contributed by atoms with van der Waals surface area (Å²) >= 11 is 5.94. The standard InChI is InChI=1S/C13H8ClO2/c14-11-3-1-2-9(6-11)10-4-5-12-13(7-10)16-8-15-12/h1,3-7H,8H2. The van der Waals surface area contributed by atoms with E-state index < -0.39 is 0 Å². The van der Waals surface area contributed by atoms with Crippen LogP contribution >= 0.6 is 11.6 Å². The van der Waals surface area contributed by atoms with Gasteiger partial charge in [-0.25, -0.2) is 0 Å². The molecule has 2 nitrogen and oxygen atoms in total. The molecule has 2 aromatic rings. The van der Waals surface area contributed by atoms with Crippen molar-refractivity contribution in [2.75, 3.05) is 6.79 Å². The Morgan fingerprint density at radius 3 is 2.81 bits per heavy atom. The van der Waals surface area contributed by atoms with E-state index in [-0.39, 0.29) is 6.79 Å². The first kappa shape index (κ1) is 9.55. The van der Waals surface area contributed by atoms with Crippen molar-refractivity contribution < 1.29 is 9.47 Å². The van der Waals surface area contributed by atoms with E-state index >= 15 is 0 Å². The average molecular weight is 232 g/mol. The minimum atomic E-state index is 0.290. The van der Waals surface area contributed by atoms with Gasteiger partial charge in [0.15, 0.2) is 11.5 Å². The molecule has 79 valence electrons. The number of fused-ring (bicyclic) bond motifs is 1. The molecule has 0 unspecified atom stereocenters. The van der Waals surface area contributed by atoms with Crippen molar-refractivity contribution >= 4 is 11.6 Å². The number of hydrogen-bond acceptors (Lipinski definition) is 2. The maximum absolute atomic E-state index is 5.94. The van der Waals surface area contributed by atoms with E-state index in [1.807, 2.05) is 30.3 Å². The highest BCUT2D eigenvalue weighted by Gasteiger charge is 2.13. The van der Waals surface area contributed by atoms with Gasteiger partial charge in [0.1, 0.15) is 0 Å². The third-order valence-corrected chi connectivity index (χ3v) is 2.68. The fourth-order valence-electron chi connectivity index (χ4n) is 1.67. The molecule has 0 aromatic heterocycles. The predicted molar refractivity (Wildman–Crippen MR) is 61.8 cm³/mol. The Bertz CT molecular complexity index is 537. The summed E-state index contributed by atoms with van der Waals surface area (Å²) in [5.41, 5.74) is 1.97. The molecule has 1 radical (unpaired) electrons. The first-order valence-corrected chi connectivity index (χ1v) is 5.28. The Hall–Kier alpha value is -1.67. The van der Waals surface area contributed by atoms with Crippen LogP contribution in [0.1, 0.15) is 0 Å². The minimum Gasteiger partial charge on any atom is -0.454 e. The second kappa shape index (κ2) is 3.72. The van der Waals surface area contributed by atoms with Crippen molar-refractivity contribution in [3.63, 3.8) is 0 Å². The van der Waals surface area contributed by atoms with Crippen LogP contribution in [0, 0.1) is 6.07 Å². The van der Waals surface area contributed by atoms with E-state index in [1.165, 1.54) is 0 Å². The molecule has 0 saturated heterocycles. The largest absolute Gasteiger partial charge is 0.454 e. The van der Waals surface area contributed by atoms with Gasteiger partial charge in [-0.3, -0.25) is 0 Å². The van der Waals surface area contributed by atoms with Gasteiger partial charge in [-0.2, -0.15) is 0 Å². The van der Waals surface area contributed by atoms with Gasteiger partial charge in [-0.1, -0.05) is 23.7 Å². The van der Waals surface area contributed by atoms with Crippen molar-refractivity contribution in [3.05, 3.63) is 47.5 Å². The Morgan fingerprint density at radius 1 is 1.06 bits per heavy atom. The van der Waals surface area contributed by atoms with Crippen LogP contribution in [0.5, 0.6) is 11.5 Å². The lowest BCUT2D eigenvalue weighted by molar-refractivity contribution is 0.174. The number of halogens is 1. The molecule has 1 aliphatic rings. The van der Waals surface area contributed by atoms with Crippen LogP contribution in [0.15, 0.2) is 36.4 Å². The number of ether oxygens (including phenoxy) is 2. The first-order valence-electron chi connectivity index (χ1n) is 4.90. The molecule has 0 fully saturated rings. The summed E-state index contributed by atoms with van der Waals surface area (Å²) in [5.74, 6) is 1.55. The van der Waals surface area contributed by atoms with E-state index in [4.69, 9.17) is 21.1 Å². The summed E-state index contributed by atoms with van der Waals surface area (Å²) in [7, 11) is 0. The third kappa shape index (κ3) is 1.61. The highest BCUT2D eigenvalue weighted by atomic mass is 35.5. The van der Waals surface area contributed by atoms with Crippen LogP contribution in [-0.2, 0) is 0 Å². The quantitative estimate of drug-likeness (QED) is 0.748. The van der Waals surface area contributed by atoms with Gasteiger partial charge >= 0.3 is 0 Å². The average Bonchev–Trinajstić information content (AvgIpc) is 2.75. The van der Waals surface area contributed by atoms with Crippen molar-refractivity contribution in [2.45, 2.75) is 0 Å². The van der Waals surface area contributed by atoms with Gasteiger partial charge in [0.05, 0.1) is 0 Å². The van der Waals surface area contributed by atoms with Crippen LogP contribution in [-0.4, -0.2) is 6.79 Å². The van der Waals surface area contributed by atoms with E-state index in [0.717, 1.165) is 22.6 Å². The van der Waals surface area contributed by atoms with Gasteiger partial charge in [0, 0.05) is 5.02 Å². The zero-order valence-corrected chi connectivity index (χ0v) is 9.12. The van der Waals surface area contributed by atoms with Crippen LogP contribution in [0.3, 0.4) is 0 Å². The topological polar surface area (TPSA) is 18.5 Å². The number of benzene rings is 2. The summed E-state index contributed by atoms with van der Waals surface area (Å²) in [5, 5.41) is 0.700. The Balaban J connectivity index is 2.07. The molecule has 0 N–H and O–H groups in total. The second-order valence-electron chi connectivity index (χ2n) is 3.49. The van der Waals surface area contributed by atoms with E-state index in [9.17, 15) is 0 Å². The lowest BCUT2D eigenvalue weighted by Gasteiger charge is -2.03. The van der Waals surface area contributed by atoms with Gasteiger partial charge in [0.25, 0.3) is 0 Å². The Kier molecular flexibility index (Phi) is 2.22. The fraction of sp³-hybridized carbons (Fsp3) is 0.0769. The summed E-state index contributed by atoms with van der Waals surface area (Å²) in [6, 6.07) is 14.4. The maximum Gasteiger partial charge on any atom is 0.231 e. The molecule has 2 aromatic carbocycles. The summed E-state index contributed by atoms with van der Waals surface area (Å²) in [4.78, 5) is 0. The lowest BCUT2D eigenvalue weighted by atomic mass is 10.1. The van der Waals surface area contributed by atoms with Gasteiger partial charge in [-0.15, -0.1) is 0 Å². The first-order chi connectivity index (χ1) is 7.83. The van der Waals surface area contributed by atoms with Crippen LogP contribution in [0.4, 0.5) is 0 Å². The molecule has 16 heavy (non-hydrogen) atoms. The monoisotopic (exact) mass is 231 g/mol. The number of rotatable bonds is 1.